The number of aryl methyl sites for hydroxylation is 4. The second-order valence-corrected chi connectivity index (χ2v) is 11.0. The van der Waals surface area contributed by atoms with Crippen LogP contribution in [0.4, 0.5) is 0 Å². The van der Waals surface area contributed by atoms with Gasteiger partial charge in [-0.15, -0.1) is 11.6 Å². The molecule has 0 radical (unpaired) electrons. The van der Waals surface area contributed by atoms with Gasteiger partial charge in [0.1, 0.15) is 0 Å². The molecule has 4 aromatic carbocycles. The number of hydrogen-bond acceptors (Lipinski definition) is 0. The zero-order chi connectivity index (χ0) is 26.5. The van der Waals surface area contributed by atoms with E-state index in [2.05, 4.69) is 124 Å². The van der Waals surface area contributed by atoms with E-state index in [0.29, 0.717) is 5.88 Å². The molecule has 2 heterocycles. The molecule has 0 atom stereocenters. The molecule has 0 amide bonds. The first-order valence-corrected chi connectivity index (χ1v) is 15.5. The highest BCUT2D eigenvalue weighted by atomic mass is 79.9. The van der Waals surface area contributed by atoms with Gasteiger partial charge < -0.3 is 9.13 Å². The van der Waals surface area contributed by atoms with E-state index in [4.69, 9.17) is 11.6 Å². The lowest BCUT2D eigenvalue weighted by atomic mass is 10.1. The number of hydrogen-bond donors (Lipinski definition) is 0. The summed E-state index contributed by atoms with van der Waals surface area (Å²) in [5.41, 5.74) is 8.16. The molecule has 0 spiro atoms. The van der Waals surface area contributed by atoms with Gasteiger partial charge in [-0.3, -0.25) is 0 Å². The summed E-state index contributed by atoms with van der Waals surface area (Å²) in [6, 6.07) is 31.1. The Morgan fingerprint density at radius 1 is 0.579 bits per heavy atom. The van der Waals surface area contributed by atoms with Gasteiger partial charge in [0, 0.05) is 67.9 Å². The van der Waals surface area contributed by atoms with Crippen LogP contribution in [-0.4, -0.2) is 20.3 Å². The van der Waals surface area contributed by atoms with Crippen molar-refractivity contribution in [1.29, 1.82) is 0 Å². The van der Waals surface area contributed by atoms with E-state index in [1.165, 1.54) is 54.7 Å². The Bertz CT molecular complexity index is 1550. The second kappa shape index (κ2) is 12.4. The SMILES string of the molecule is CCc1ccc2c(c1)c1ccccc1n2CCCBr.CCc1ccc2c(c1)c1ccccc1n2CCCCl. The van der Waals surface area contributed by atoms with E-state index in [0.717, 1.165) is 44.1 Å². The highest BCUT2D eigenvalue weighted by Crippen LogP contribution is 2.31. The zero-order valence-corrected chi connectivity index (χ0v) is 24.7. The minimum Gasteiger partial charge on any atom is -0.340 e. The van der Waals surface area contributed by atoms with Crippen LogP contribution >= 0.6 is 27.5 Å². The maximum atomic E-state index is 5.86. The molecule has 0 bridgehead atoms. The topological polar surface area (TPSA) is 9.86 Å². The fraction of sp³-hybridized carbons (Fsp3) is 0.294. The lowest BCUT2D eigenvalue weighted by Gasteiger charge is -2.06. The molecule has 0 aliphatic heterocycles. The number of nitrogens with zero attached hydrogens (tertiary/aromatic N) is 2. The molecule has 0 fully saturated rings. The second-order valence-electron chi connectivity index (χ2n) is 9.83. The largest absolute Gasteiger partial charge is 0.340 e. The first-order chi connectivity index (χ1) is 18.7. The Balaban J connectivity index is 0.000000155. The highest BCUT2D eigenvalue weighted by molar-refractivity contribution is 9.09. The summed E-state index contributed by atoms with van der Waals surface area (Å²) >= 11 is 9.39. The third-order valence-corrected chi connectivity index (χ3v) is 8.35. The summed E-state index contributed by atoms with van der Waals surface area (Å²) in [5.74, 6) is 0.709. The highest BCUT2D eigenvalue weighted by Gasteiger charge is 2.11. The molecule has 196 valence electrons. The number of alkyl halides is 2. The maximum absolute atomic E-state index is 5.86. The van der Waals surface area contributed by atoms with Gasteiger partial charge in [-0.25, -0.2) is 0 Å². The van der Waals surface area contributed by atoms with Crippen LogP contribution in [0.3, 0.4) is 0 Å². The van der Waals surface area contributed by atoms with Gasteiger partial charge in [0.15, 0.2) is 0 Å². The smallest absolute Gasteiger partial charge is 0.0491 e. The van der Waals surface area contributed by atoms with E-state index in [-0.39, 0.29) is 0 Å². The lowest BCUT2D eigenvalue weighted by molar-refractivity contribution is 0.728. The fourth-order valence-corrected chi connectivity index (χ4v) is 5.93. The summed E-state index contributed by atoms with van der Waals surface area (Å²) in [4.78, 5) is 0. The molecule has 2 nitrogen and oxygen atoms in total. The standard InChI is InChI=1S/C17H18BrN.C17H18ClN/c2*1-2-13-8-9-17-15(12-13)14-6-3-4-7-16(14)19(17)11-5-10-18/h2*3-4,6-9,12H,2,5,10-11H2,1H3. The minimum atomic E-state index is 0.709. The van der Waals surface area contributed by atoms with Crippen molar-refractivity contribution in [1.82, 2.24) is 9.13 Å². The fourth-order valence-electron chi connectivity index (χ4n) is 5.56. The van der Waals surface area contributed by atoms with Crippen LogP contribution in [0.5, 0.6) is 0 Å². The monoisotopic (exact) mass is 586 g/mol. The number of halogens is 2. The normalized spacial score (nSPS) is 11.5. The van der Waals surface area contributed by atoms with Gasteiger partial charge in [0.2, 0.25) is 0 Å². The molecule has 4 heteroatoms. The van der Waals surface area contributed by atoms with Crippen LogP contribution in [-0.2, 0) is 25.9 Å². The Morgan fingerprint density at radius 3 is 1.47 bits per heavy atom. The third kappa shape index (κ3) is 5.24. The molecule has 2 aromatic heterocycles. The minimum absolute atomic E-state index is 0.709. The predicted octanol–water partition coefficient (Wildman–Crippen LogP) is 10.1. The summed E-state index contributed by atoms with van der Waals surface area (Å²) in [6.07, 6.45) is 4.34. The number of rotatable bonds is 8. The van der Waals surface area contributed by atoms with Gasteiger partial charge in [-0.05, 0) is 73.2 Å². The van der Waals surface area contributed by atoms with E-state index in [9.17, 15) is 0 Å². The molecule has 0 unspecified atom stereocenters. The molecule has 0 aliphatic rings. The van der Waals surface area contributed by atoms with E-state index < -0.39 is 0 Å². The molecule has 0 aliphatic carbocycles. The van der Waals surface area contributed by atoms with Crippen molar-refractivity contribution in [2.24, 2.45) is 0 Å². The average molecular weight is 588 g/mol. The summed E-state index contributed by atoms with van der Waals surface area (Å²) < 4.78 is 4.85. The van der Waals surface area contributed by atoms with Crippen LogP contribution in [0.2, 0.25) is 0 Å². The molecular formula is C34H36BrClN2. The van der Waals surface area contributed by atoms with Crippen molar-refractivity contribution in [2.45, 2.75) is 52.6 Å². The predicted molar refractivity (Wildman–Crippen MR) is 171 cm³/mol. The van der Waals surface area contributed by atoms with Crippen molar-refractivity contribution in [3.63, 3.8) is 0 Å². The molecule has 6 rings (SSSR count). The van der Waals surface area contributed by atoms with E-state index >= 15 is 0 Å². The van der Waals surface area contributed by atoms with Gasteiger partial charge in [0.25, 0.3) is 0 Å². The average Bonchev–Trinajstić information content (AvgIpc) is 3.46. The number of benzene rings is 4. The summed E-state index contributed by atoms with van der Waals surface area (Å²) in [5, 5.41) is 6.53. The quantitative estimate of drug-likeness (QED) is 0.157. The Hall–Kier alpha value is -2.75. The van der Waals surface area contributed by atoms with Gasteiger partial charge in [0.05, 0.1) is 0 Å². The van der Waals surface area contributed by atoms with Crippen molar-refractivity contribution in [2.75, 3.05) is 11.2 Å². The zero-order valence-electron chi connectivity index (χ0n) is 22.4. The van der Waals surface area contributed by atoms with Crippen molar-refractivity contribution in [3.8, 4) is 0 Å². The molecule has 0 saturated carbocycles. The summed E-state index contributed by atoms with van der Waals surface area (Å²) in [6.45, 7) is 6.47. The first-order valence-electron chi connectivity index (χ1n) is 13.8. The summed E-state index contributed by atoms with van der Waals surface area (Å²) in [7, 11) is 0. The van der Waals surface area contributed by atoms with Gasteiger partial charge in [-0.2, -0.15) is 0 Å². The van der Waals surface area contributed by atoms with Crippen LogP contribution in [0.1, 0.15) is 37.8 Å². The maximum Gasteiger partial charge on any atom is 0.0491 e. The Labute approximate surface area is 239 Å². The van der Waals surface area contributed by atoms with Gasteiger partial charge in [-0.1, -0.05) is 78.3 Å². The molecule has 6 aromatic rings. The number of para-hydroxylation sites is 2. The van der Waals surface area contributed by atoms with Crippen molar-refractivity contribution >= 4 is 71.1 Å². The van der Waals surface area contributed by atoms with Crippen LogP contribution < -0.4 is 0 Å². The van der Waals surface area contributed by atoms with E-state index in [1.807, 2.05) is 0 Å². The van der Waals surface area contributed by atoms with Crippen molar-refractivity contribution < 1.29 is 0 Å². The van der Waals surface area contributed by atoms with Crippen molar-refractivity contribution in [3.05, 3.63) is 96.1 Å². The van der Waals surface area contributed by atoms with Crippen LogP contribution in [0.25, 0.3) is 43.6 Å². The molecule has 0 N–H and O–H groups in total. The first kappa shape index (κ1) is 26.8. The third-order valence-electron chi connectivity index (χ3n) is 7.52. The van der Waals surface area contributed by atoms with Gasteiger partial charge >= 0.3 is 0 Å². The number of fused-ring (bicyclic) bond motifs is 6. The number of aromatic nitrogens is 2. The van der Waals surface area contributed by atoms with E-state index in [1.54, 1.807) is 0 Å². The Kier molecular flexibility index (Phi) is 8.76. The van der Waals surface area contributed by atoms with Crippen LogP contribution in [0.15, 0.2) is 84.9 Å². The Morgan fingerprint density at radius 2 is 1.03 bits per heavy atom. The molecule has 38 heavy (non-hydrogen) atoms. The molecule has 0 saturated heterocycles. The molecular weight excluding hydrogens is 552 g/mol. The lowest BCUT2D eigenvalue weighted by Crippen LogP contribution is -1.98. The van der Waals surface area contributed by atoms with Crippen LogP contribution in [0, 0.1) is 0 Å².